The van der Waals surface area contributed by atoms with Crippen LogP contribution in [0.2, 0.25) is 0 Å². The molecule has 1 aromatic heterocycles. The first-order valence-electron chi connectivity index (χ1n) is 13.3. The highest BCUT2D eigenvalue weighted by molar-refractivity contribution is 7.89. The lowest BCUT2D eigenvalue weighted by Crippen LogP contribution is -2.52. The van der Waals surface area contributed by atoms with Crippen LogP contribution in [-0.2, 0) is 10.0 Å². The number of hydrogen-bond donors (Lipinski definition) is 3. The number of nitrogens with one attached hydrogen (secondary N) is 2. The number of nitrogens with zero attached hydrogens (tertiary/aromatic N) is 4. The Morgan fingerprint density at radius 3 is 2.44 bits per heavy atom. The van der Waals surface area contributed by atoms with Gasteiger partial charge >= 0.3 is 0 Å². The van der Waals surface area contributed by atoms with Crippen LogP contribution in [-0.4, -0.2) is 70.5 Å². The van der Waals surface area contributed by atoms with Crippen molar-refractivity contribution in [3.8, 4) is 0 Å². The fourth-order valence-corrected chi connectivity index (χ4v) is 6.70. The fourth-order valence-electron chi connectivity index (χ4n) is 5.25. The Labute approximate surface area is 229 Å². The van der Waals surface area contributed by atoms with Gasteiger partial charge in [0, 0.05) is 43.2 Å². The Balaban J connectivity index is 1.20. The zero-order chi connectivity index (χ0) is 27.6. The quantitative estimate of drug-likeness (QED) is 0.376. The number of sulfonamides is 1. The van der Waals surface area contributed by atoms with Gasteiger partial charge in [-0.05, 0) is 100 Å². The maximum atomic E-state index is 13.5. The Morgan fingerprint density at radius 2 is 1.77 bits per heavy atom. The summed E-state index contributed by atoms with van der Waals surface area (Å²) in [4.78, 5) is 11.2. The number of anilines is 4. The van der Waals surface area contributed by atoms with Crippen LogP contribution in [0.5, 0.6) is 0 Å². The van der Waals surface area contributed by atoms with E-state index in [0.717, 1.165) is 19.4 Å². The number of halogens is 1. The number of aryl methyl sites for hydroxylation is 1. The monoisotopic (exact) mass is 554 g/mol. The highest BCUT2D eigenvalue weighted by atomic mass is 32.2. The first-order chi connectivity index (χ1) is 18.6. The zero-order valence-corrected chi connectivity index (χ0v) is 23.1. The summed E-state index contributed by atoms with van der Waals surface area (Å²) < 4.78 is 41.6. The molecule has 0 bridgehead atoms. The number of hydrogen-bond acceptors (Lipinski definition) is 8. The molecule has 0 radical (unpaired) electrons. The summed E-state index contributed by atoms with van der Waals surface area (Å²) in [5, 5.41) is 17.3. The molecule has 0 aliphatic carbocycles. The third kappa shape index (κ3) is 6.38. The van der Waals surface area contributed by atoms with Crippen molar-refractivity contribution in [1.82, 2.24) is 19.2 Å². The van der Waals surface area contributed by atoms with Gasteiger partial charge in [0.2, 0.25) is 16.0 Å². The molecule has 2 saturated heterocycles. The lowest BCUT2D eigenvalue weighted by molar-refractivity contribution is -0.0342. The van der Waals surface area contributed by atoms with Crippen LogP contribution in [0, 0.1) is 12.7 Å². The molecule has 2 fully saturated rings. The third-order valence-electron chi connectivity index (χ3n) is 7.68. The number of aromatic nitrogens is 2. The number of likely N-dealkylation sites (tertiary alicyclic amines) is 1. The summed E-state index contributed by atoms with van der Waals surface area (Å²) in [5.41, 5.74) is 1.02. The summed E-state index contributed by atoms with van der Waals surface area (Å²) in [6.45, 7) is 6.06. The van der Waals surface area contributed by atoms with Crippen molar-refractivity contribution in [2.45, 2.75) is 56.1 Å². The zero-order valence-electron chi connectivity index (χ0n) is 22.3. The molecule has 39 heavy (non-hydrogen) atoms. The maximum Gasteiger partial charge on any atom is 0.243 e. The van der Waals surface area contributed by atoms with E-state index in [4.69, 9.17) is 0 Å². The van der Waals surface area contributed by atoms with E-state index < -0.39 is 15.6 Å². The minimum absolute atomic E-state index is 0.203. The van der Waals surface area contributed by atoms with E-state index >= 15 is 0 Å². The summed E-state index contributed by atoms with van der Waals surface area (Å²) >= 11 is 0. The van der Waals surface area contributed by atoms with E-state index in [0.29, 0.717) is 67.2 Å². The van der Waals surface area contributed by atoms with E-state index in [1.165, 1.54) is 10.4 Å². The molecule has 208 valence electrons. The second kappa shape index (κ2) is 11.2. The second-order valence-corrected chi connectivity index (χ2v) is 12.5. The molecule has 0 spiro atoms. The molecule has 2 aliphatic rings. The van der Waals surface area contributed by atoms with E-state index in [2.05, 4.69) is 32.4 Å². The average Bonchev–Trinajstić information content (AvgIpc) is 3.30. The number of rotatable bonds is 8. The lowest BCUT2D eigenvalue weighted by atomic mass is 9.91. The predicted molar refractivity (Wildman–Crippen MR) is 149 cm³/mol. The second-order valence-electron chi connectivity index (χ2n) is 10.6. The molecule has 2 aromatic carbocycles. The van der Waals surface area contributed by atoms with Crippen molar-refractivity contribution in [3.63, 3.8) is 0 Å². The average molecular weight is 555 g/mol. The van der Waals surface area contributed by atoms with Gasteiger partial charge in [-0.2, -0.15) is 9.29 Å². The molecule has 0 saturated carbocycles. The van der Waals surface area contributed by atoms with Crippen molar-refractivity contribution in [1.29, 1.82) is 0 Å². The highest BCUT2D eigenvalue weighted by Crippen LogP contribution is 2.30. The van der Waals surface area contributed by atoms with Gasteiger partial charge in [-0.1, -0.05) is 0 Å². The van der Waals surface area contributed by atoms with E-state index in [-0.39, 0.29) is 10.7 Å². The molecule has 3 N–H and O–H groups in total. The molecule has 0 unspecified atom stereocenters. The minimum atomic E-state index is -3.67. The number of benzene rings is 2. The van der Waals surface area contributed by atoms with Crippen LogP contribution in [0.3, 0.4) is 0 Å². The maximum absolute atomic E-state index is 13.5. The largest absolute Gasteiger partial charge is 0.388 e. The Morgan fingerprint density at radius 1 is 1.05 bits per heavy atom. The molecule has 2 aliphatic heterocycles. The van der Waals surface area contributed by atoms with Crippen molar-refractivity contribution < 1.29 is 17.9 Å². The summed E-state index contributed by atoms with van der Waals surface area (Å²) in [7, 11) is -3.67. The number of piperidine rings is 1. The first-order valence-corrected chi connectivity index (χ1v) is 14.8. The van der Waals surface area contributed by atoms with Crippen LogP contribution >= 0.6 is 0 Å². The molecule has 9 nitrogen and oxygen atoms in total. The summed E-state index contributed by atoms with van der Waals surface area (Å²) in [6, 6.07) is 13.4. The normalized spacial score (nSPS) is 20.2. The molecule has 11 heteroatoms. The van der Waals surface area contributed by atoms with Crippen LogP contribution in [0.15, 0.2) is 59.6 Å². The number of β-amino-alcohol motifs (C(OH)–C–C–N with tert-alkyl or cyclic N) is 1. The highest BCUT2D eigenvalue weighted by Gasteiger charge is 2.39. The van der Waals surface area contributed by atoms with Gasteiger partial charge in [0.25, 0.3) is 0 Å². The Hall–Kier alpha value is -3.12. The van der Waals surface area contributed by atoms with Gasteiger partial charge in [-0.3, -0.25) is 4.90 Å². The molecule has 5 rings (SSSR count). The SMILES string of the molecule is Cc1cc(Nc2ccnc(Nc3ccc(S(=O)(=O)N4CCC(O)(CN5CCC[C@@H]5C)CC4)cc3)n2)ccc1F. The molecular weight excluding hydrogens is 519 g/mol. The first kappa shape index (κ1) is 27.4. The Kier molecular flexibility index (Phi) is 7.86. The van der Waals surface area contributed by atoms with Crippen LogP contribution in [0.25, 0.3) is 0 Å². The molecule has 1 atom stereocenters. The van der Waals surface area contributed by atoms with E-state index in [9.17, 15) is 17.9 Å². The Bertz CT molecular complexity index is 1410. The lowest BCUT2D eigenvalue weighted by Gasteiger charge is -2.40. The van der Waals surface area contributed by atoms with Crippen LogP contribution < -0.4 is 10.6 Å². The predicted octanol–water partition coefficient (Wildman–Crippen LogP) is 4.41. The van der Waals surface area contributed by atoms with Gasteiger partial charge < -0.3 is 15.7 Å². The third-order valence-corrected chi connectivity index (χ3v) is 9.59. The summed E-state index contributed by atoms with van der Waals surface area (Å²) in [5.74, 6) is 0.587. The van der Waals surface area contributed by atoms with E-state index in [1.807, 2.05) is 0 Å². The van der Waals surface area contributed by atoms with Crippen LogP contribution in [0.1, 0.15) is 38.2 Å². The van der Waals surface area contributed by atoms with Crippen molar-refractivity contribution >= 4 is 33.2 Å². The van der Waals surface area contributed by atoms with Gasteiger partial charge in [0.1, 0.15) is 11.6 Å². The van der Waals surface area contributed by atoms with E-state index in [1.54, 1.807) is 55.6 Å². The smallest absolute Gasteiger partial charge is 0.243 e. The number of aliphatic hydroxyl groups is 1. The van der Waals surface area contributed by atoms with Gasteiger partial charge in [0.05, 0.1) is 10.5 Å². The molecule has 3 heterocycles. The molecular formula is C28H35FN6O3S. The minimum Gasteiger partial charge on any atom is -0.388 e. The fraction of sp³-hybridized carbons (Fsp3) is 0.429. The van der Waals surface area contributed by atoms with Gasteiger partial charge in [-0.15, -0.1) is 0 Å². The molecule has 3 aromatic rings. The standard InChI is InChI=1S/C28H35FN6O3S/c1-20-18-23(7-10-25(20)29)31-26-11-14-30-27(33-26)32-22-5-8-24(9-6-22)39(37,38)35-16-12-28(36,13-17-35)19-34-15-3-4-21(34)2/h5-11,14,18,21,36H,3-4,12-13,15-17,19H2,1-2H3,(H2,30,31,32,33)/t21-/m0/s1. The topological polar surface area (TPSA) is 111 Å². The van der Waals surface area contributed by atoms with Gasteiger partial charge in [0.15, 0.2) is 0 Å². The van der Waals surface area contributed by atoms with Crippen molar-refractivity contribution in [3.05, 3.63) is 66.1 Å². The van der Waals surface area contributed by atoms with Crippen molar-refractivity contribution in [2.75, 3.05) is 36.8 Å². The molecule has 0 amide bonds. The van der Waals surface area contributed by atoms with Crippen molar-refractivity contribution in [2.24, 2.45) is 0 Å². The summed E-state index contributed by atoms with van der Waals surface area (Å²) in [6.07, 6.45) is 4.73. The van der Waals surface area contributed by atoms with Crippen LogP contribution in [0.4, 0.5) is 27.5 Å². The van der Waals surface area contributed by atoms with Gasteiger partial charge in [-0.25, -0.2) is 17.8 Å².